The molecule has 1 rings (SSSR count). The second kappa shape index (κ2) is 3.23. The van der Waals surface area contributed by atoms with Gasteiger partial charge in [0, 0.05) is 22.3 Å². The Morgan fingerprint density at radius 3 is 2.08 bits per heavy atom. The van der Waals surface area contributed by atoms with Crippen molar-refractivity contribution in [1.82, 2.24) is 0 Å². The molecule has 0 atom stereocenters. The molecule has 1 aromatic rings. The summed E-state index contributed by atoms with van der Waals surface area (Å²) in [5, 5.41) is 1.19. The second-order valence-corrected chi connectivity index (χ2v) is 8.03. The molecule has 1 heterocycles. The number of sulfone groups is 1. The van der Waals surface area contributed by atoms with Gasteiger partial charge in [-0.25, -0.2) is 16.8 Å². The fourth-order valence-electron chi connectivity index (χ4n) is 0.623. The lowest BCUT2D eigenvalue weighted by Gasteiger charge is -1.88. The van der Waals surface area contributed by atoms with Crippen LogP contribution in [-0.2, 0) is 18.9 Å². The maximum Gasteiger partial charge on any atom is 0.262 e. The highest BCUT2D eigenvalue weighted by Gasteiger charge is 2.17. The van der Waals surface area contributed by atoms with Crippen molar-refractivity contribution < 1.29 is 16.8 Å². The predicted molar refractivity (Wildman–Crippen MR) is 50.5 cm³/mol. The van der Waals surface area contributed by atoms with Crippen molar-refractivity contribution in [3.63, 3.8) is 0 Å². The van der Waals surface area contributed by atoms with Crippen molar-refractivity contribution in [3.8, 4) is 0 Å². The van der Waals surface area contributed by atoms with Crippen LogP contribution in [0.5, 0.6) is 0 Å². The van der Waals surface area contributed by atoms with Crippen molar-refractivity contribution in [1.29, 1.82) is 0 Å². The van der Waals surface area contributed by atoms with E-state index in [4.69, 9.17) is 10.7 Å². The van der Waals surface area contributed by atoms with E-state index in [-0.39, 0.29) is 9.10 Å². The molecule has 0 aromatic carbocycles. The molecule has 0 spiro atoms. The zero-order valence-corrected chi connectivity index (χ0v) is 9.60. The van der Waals surface area contributed by atoms with Gasteiger partial charge >= 0.3 is 0 Å². The molecule has 8 heteroatoms. The zero-order chi connectivity index (χ0) is 10.3. The molecule has 0 N–H and O–H groups in total. The maximum atomic E-state index is 10.9. The molecule has 0 saturated heterocycles. The van der Waals surface area contributed by atoms with Crippen molar-refractivity contribution in [2.45, 2.75) is 9.10 Å². The summed E-state index contributed by atoms with van der Waals surface area (Å²) < 4.78 is 43.4. The molecule has 0 fully saturated rings. The van der Waals surface area contributed by atoms with Crippen LogP contribution < -0.4 is 0 Å². The van der Waals surface area contributed by atoms with Crippen LogP contribution in [0.3, 0.4) is 0 Å². The molecule has 0 amide bonds. The quantitative estimate of drug-likeness (QED) is 0.746. The van der Waals surface area contributed by atoms with Gasteiger partial charge in [-0.15, -0.1) is 11.3 Å². The monoisotopic (exact) mass is 260 g/mol. The minimum absolute atomic E-state index is 0.00766. The molecule has 0 aliphatic heterocycles. The molecule has 0 unspecified atom stereocenters. The lowest BCUT2D eigenvalue weighted by Crippen LogP contribution is -1.93. The molecule has 0 aliphatic carbocycles. The number of thiophene rings is 1. The summed E-state index contributed by atoms with van der Waals surface area (Å²) >= 11 is 0.832. The lowest BCUT2D eigenvalue weighted by molar-refractivity contribution is 0.603. The van der Waals surface area contributed by atoms with Gasteiger partial charge in [0.1, 0.15) is 4.21 Å². The van der Waals surface area contributed by atoms with Crippen LogP contribution >= 0.6 is 22.0 Å². The molecular formula is C5H5ClO4S3. The molecule has 1 aromatic heterocycles. The van der Waals surface area contributed by atoms with Gasteiger partial charge in [-0.2, -0.15) is 0 Å². The zero-order valence-electron chi connectivity index (χ0n) is 6.39. The Morgan fingerprint density at radius 2 is 1.85 bits per heavy atom. The van der Waals surface area contributed by atoms with Crippen LogP contribution in [0.15, 0.2) is 20.6 Å². The second-order valence-electron chi connectivity index (χ2n) is 2.31. The van der Waals surface area contributed by atoms with Gasteiger partial charge in [0.25, 0.3) is 9.05 Å². The highest BCUT2D eigenvalue weighted by atomic mass is 35.7. The van der Waals surface area contributed by atoms with E-state index in [1.54, 1.807) is 0 Å². The van der Waals surface area contributed by atoms with E-state index in [0.29, 0.717) is 0 Å². The summed E-state index contributed by atoms with van der Waals surface area (Å²) in [6, 6.07) is 1.04. The van der Waals surface area contributed by atoms with Crippen LogP contribution in [0.25, 0.3) is 0 Å². The van der Waals surface area contributed by atoms with Crippen LogP contribution in [-0.4, -0.2) is 23.1 Å². The SMILES string of the molecule is CS(=O)(=O)c1cc(S(=O)(=O)Cl)cs1. The van der Waals surface area contributed by atoms with E-state index in [2.05, 4.69) is 0 Å². The van der Waals surface area contributed by atoms with Crippen molar-refractivity contribution in [2.24, 2.45) is 0 Å². The van der Waals surface area contributed by atoms with E-state index in [1.807, 2.05) is 0 Å². The molecular weight excluding hydrogens is 256 g/mol. The number of hydrogen-bond acceptors (Lipinski definition) is 5. The largest absolute Gasteiger partial charge is 0.262 e. The Kier molecular flexibility index (Phi) is 2.73. The average Bonchev–Trinajstić information content (AvgIpc) is 2.28. The summed E-state index contributed by atoms with van der Waals surface area (Å²) in [6.07, 6.45) is 1.00. The fraction of sp³-hybridized carbons (Fsp3) is 0.200. The van der Waals surface area contributed by atoms with Crippen molar-refractivity contribution >= 4 is 40.9 Å². The standard InChI is InChI=1S/C5H5ClO4S3/c1-12(7,8)5-2-4(3-11-5)13(6,9)10/h2-3H,1H3. The lowest BCUT2D eigenvalue weighted by atomic mass is 10.7. The molecule has 0 saturated carbocycles. The van der Waals surface area contributed by atoms with Crippen LogP contribution in [0.4, 0.5) is 0 Å². The minimum Gasteiger partial charge on any atom is -0.223 e. The first kappa shape index (κ1) is 11.0. The first-order chi connectivity index (χ1) is 5.71. The molecule has 13 heavy (non-hydrogen) atoms. The fourth-order valence-corrected chi connectivity index (χ4v) is 3.78. The Hall–Kier alpha value is -0.110. The van der Waals surface area contributed by atoms with Gasteiger partial charge in [-0.05, 0) is 6.07 Å². The summed E-state index contributed by atoms with van der Waals surface area (Å²) in [5.74, 6) is 0. The van der Waals surface area contributed by atoms with E-state index in [9.17, 15) is 16.8 Å². The summed E-state index contributed by atoms with van der Waals surface area (Å²) in [7, 11) is -2.16. The third kappa shape index (κ3) is 2.67. The van der Waals surface area contributed by atoms with Gasteiger partial charge in [-0.1, -0.05) is 0 Å². The molecule has 0 aliphatic rings. The summed E-state index contributed by atoms with van der Waals surface area (Å²) in [4.78, 5) is -0.181. The smallest absolute Gasteiger partial charge is 0.223 e. The number of rotatable bonds is 2. The van der Waals surface area contributed by atoms with E-state index in [0.717, 1.165) is 23.7 Å². The third-order valence-corrected chi connectivity index (χ3v) is 5.45. The predicted octanol–water partition coefficient (Wildman–Crippen LogP) is 1.08. The Balaban J connectivity index is 3.32. The summed E-state index contributed by atoms with van der Waals surface area (Å²) in [5.41, 5.74) is 0. The summed E-state index contributed by atoms with van der Waals surface area (Å²) in [6.45, 7) is 0. The van der Waals surface area contributed by atoms with Gasteiger partial charge in [0.15, 0.2) is 9.84 Å². The van der Waals surface area contributed by atoms with Gasteiger partial charge < -0.3 is 0 Å². The normalized spacial score (nSPS) is 13.1. The topological polar surface area (TPSA) is 68.3 Å². The number of hydrogen-bond donors (Lipinski definition) is 0. The highest BCUT2D eigenvalue weighted by molar-refractivity contribution is 8.13. The van der Waals surface area contributed by atoms with E-state index in [1.165, 1.54) is 5.38 Å². The molecule has 0 bridgehead atoms. The first-order valence-corrected chi connectivity index (χ1v) is 8.02. The average molecular weight is 261 g/mol. The van der Waals surface area contributed by atoms with Gasteiger partial charge in [0.05, 0.1) is 4.90 Å². The van der Waals surface area contributed by atoms with E-state index >= 15 is 0 Å². The van der Waals surface area contributed by atoms with Crippen LogP contribution in [0.1, 0.15) is 0 Å². The Labute approximate surface area is 84.5 Å². The van der Waals surface area contributed by atoms with Gasteiger partial charge in [0.2, 0.25) is 0 Å². The maximum absolute atomic E-state index is 10.9. The molecule has 0 radical (unpaired) electrons. The third-order valence-electron chi connectivity index (χ3n) is 1.20. The van der Waals surface area contributed by atoms with Crippen molar-refractivity contribution in [2.75, 3.05) is 6.26 Å². The van der Waals surface area contributed by atoms with Crippen LogP contribution in [0.2, 0.25) is 0 Å². The first-order valence-electron chi connectivity index (χ1n) is 2.94. The molecule has 4 nitrogen and oxygen atoms in total. The van der Waals surface area contributed by atoms with Crippen molar-refractivity contribution in [3.05, 3.63) is 11.4 Å². The molecule has 74 valence electrons. The van der Waals surface area contributed by atoms with Gasteiger partial charge in [-0.3, -0.25) is 0 Å². The highest BCUT2D eigenvalue weighted by Crippen LogP contribution is 2.25. The Bertz CT molecular complexity index is 463. The minimum atomic E-state index is -3.82. The van der Waals surface area contributed by atoms with E-state index < -0.39 is 18.9 Å². The Morgan fingerprint density at radius 1 is 1.31 bits per heavy atom. The number of halogens is 1. The van der Waals surface area contributed by atoms with Crippen LogP contribution in [0, 0.1) is 0 Å².